The van der Waals surface area contributed by atoms with Gasteiger partial charge in [-0.05, 0) is 42.5 Å². The van der Waals surface area contributed by atoms with Crippen LogP contribution in [-0.2, 0) is 13.0 Å². The minimum atomic E-state index is 0.0846. The molecular weight excluding hydrogens is 308 g/mol. The van der Waals surface area contributed by atoms with E-state index in [0.717, 1.165) is 43.6 Å². The number of benzene rings is 2. The summed E-state index contributed by atoms with van der Waals surface area (Å²) in [6, 6.07) is 17.0. The van der Waals surface area contributed by atoms with Crippen LogP contribution in [0.4, 0.5) is 5.69 Å². The fraction of sp³-hybridized carbons (Fsp3) is 0.409. The van der Waals surface area contributed by atoms with Crippen molar-refractivity contribution in [3.05, 3.63) is 65.2 Å². The molecule has 0 unspecified atom stereocenters. The first-order valence-electron chi connectivity index (χ1n) is 9.53. The van der Waals surface area contributed by atoms with Crippen molar-refractivity contribution in [3.63, 3.8) is 0 Å². The second kappa shape index (κ2) is 7.30. The topological polar surface area (TPSA) is 32.3 Å². The van der Waals surface area contributed by atoms with Crippen LogP contribution >= 0.6 is 0 Å². The summed E-state index contributed by atoms with van der Waals surface area (Å²) in [7, 11) is 0. The summed E-state index contributed by atoms with van der Waals surface area (Å²) in [4.78, 5) is 15.2. The van der Waals surface area contributed by atoms with Gasteiger partial charge in [-0.2, -0.15) is 0 Å². The van der Waals surface area contributed by atoms with Crippen molar-refractivity contribution in [2.24, 2.45) is 0 Å². The van der Waals surface area contributed by atoms with E-state index in [1.807, 2.05) is 18.2 Å². The Labute approximate surface area is 150 Å². The Hall–Kier alpha value is -2.29. The fourth-order valence-corrected chi connectivity index (χ4v) is 4.15. The Balaban J connectivity index is 1.54. The van der Waals surface area contributed by atoms with E-state index in [1.165, 1.54) is 30.4 Å². The van der Waals surface area contributed by atoms with Gasteiger partial charge in [-0.25, -0.2) is 0 Å². The van der Waals surface area contributed by atoms with Gasteiger partial charge in [0.15, 0.2) is 0 Å². The van der Waals surface area contributed by atoms with Gasteiger partial charge in [0.05, 0.1) is 5.56 Å². The summed E-state index contributed by atoms with van der Waals surface area (Å²) in [6.07, 6.45) is 7.03. The fourth-order valence-electron chi connectivity index (χ4n) is 4.15. The number of fused-ring (bicyclic) bond motifs is 1. The first-order chi connectivity index (χ1) is 12.3. The molecule has 0 atom stereocenters. The molecule has 0 saturated heterocycles. The van der Waals surface area contributed by atoms with Gasteiger partial charge in [0.2, 0.25) is 0 Å². The lowest BCUT2D eigenvalue weighted by atomic mass is 9.95. The number of nitrogens with one attached hydrogen (secondary N) is 1. The molecule has 3 nitrogen and oxygen atoms in total. The first-order valence-corrected chi connectivity index (χ1v) is 9.53. The molecule has 3 heteroatoms. The van der Waals surface area contributed by atoms with Crippen LogP contribution in [0.2, 0.25) is 0 Å². The third kappa shape index (κ3) is 3.55. The standard InChI is InChI=1S/C22H26N2O/c25-22(23-19-10-2-1-3-11-19)20-12-6-7-13-21(20)24-15-14-17-8-4-5-9-18(17)16-24/h4-9,12-13,19H,1-3,10-11,14-16H2,(H,23,25). The Morgan fingerprint density at radius 2 is 1.64 bits per heavy atom. The highest BCUT2D eigenvalue weighted by Gasteiger charge is 2.22. The van der Waals surface area contributed by atoms with Crippen LogP contribution in [0.15, 0.2) is 48.5 Å². The van der Waals surface area contributed by atoms with E-state index in [9.17, 15) is 4.79 Å². The van der Waals surface area contributed by atoms with Gasteiger partial charge < -0.3 is 10.2 Å². The number of hydrogen-bond donors (Lipinski definition) is 1. The van der Waals surface area contributed by atoms with Crippen LogP contribution in [0.3, 0.4) is 0 Å². The predicted octanol–water partition coefficient (Wildman–Crippen LogP) is 4.31. The van der Waals surface area contributed by atoms with Gasteiger partial charge in [0, 0.05) is 24.8 Å². The third-order valence-corrected chi connectivity index (χ3v) is 5.56. The largest absolute Gasteiger partial charge is 0.366 e. The van der Waals surface area contributed by atoms with E-state index in [2.05, 4.69) is 40.5 Å². The molecule has 1 aliphatic carbocycles. The highest BCUT2D eigenvalue weighted by atomic mass is 16.1. The molecule has 1 aliphatic heterocycles. The maximum Gasteiger partial charge on any atom is 0.253 e. The molecular formula is C22H26N2O. The van der Waals surface area contributed by atoms with Crippen molar-refractivity contribution in [2.45, 2.75) is 51.1 Å². The smallest absolute Gasteiger partial charge is 0.253 e. The molecule has 130 valence electrons. The van der Waals surface area contributed by atoms with E-state index in [-0.39, 0.29) is 5.91 Å². The molecule has 0 bridgehead atoms. The minimum Gasteiger partial charge on any atom is -0.366 e. The summed E-state index contributed by atoms with van der Waals surface area (Å²) in [5.41, 5.74) is 4.68. The maximum absolute atomic E-state index is 12.9. The van der Waals surface area contributed by atoms with E-state index in [0.29, 0.717) is 6.04 Å². The Morgan fingerprint density at radius 3 is 2.48 bits per heavy atom. The number of hydrogen-bond acceptors (Lipinski definition) is 2. The van der Waals surface area contributed by atoms with Crippen molar-refractivity contribution < 1.29 is 4.79 Å². The van der Waals surface area contributed by atoms with Crippen LogP contribution in [0, 0.1) is 0 Å². The number of nitrogens with zero attached hydrogens (tertiary/aromatic N) is 1. The molecule has 0 aromatic heterocycles. The normalized spacial score (nSPS) is 17.8. The zero-order valence-corrected chi connectivity index (χ0v) is 14.7. The zero-order valence-electron chi connectivity index (χ0n) is 14.7. The Morgan fingerprint density at radius 1 is 0.920 bits per heavy atom. The van der Waals surface area contributed by atoms with Crippen molar-refractivity contribution in [1.82, 2.24) is 5.32 Å². The molecule has 0 radical (unpaired) electrons. The lowest BCUT2D eigenvalue weighted by Gasteiger charge is -2.32. The second-order valence-corrected chi connectivity index (χ2v) is 7.27. The second-order valence-electron chi connectivity index (χ2n) is 7.27. The lowest BCUT2D eigenvalue weighted by molar-refractivity contribution is 0.0928. The molecule has 1 saturated carbocycles. The number of rotatable bonds is 3. The number of carbonyl (C=O) groups is 1. The van der Waals surface area contributed by atoms with Crippen LogP contribution in [-0.4, -0.2) is 18.5 Å². The molecule has 1 heterocycles. The summed E-state index contributed by atoms with van der Waals surface area (Å²) in [5.74, 6) is 0.0846. The number of para-hydroxylation sites is 1. The summed E-state index contributed by atoms with van der Waals surface area (Å²) in [6.45, 7) is 1.84. The predicted molar refractivity (Wildman–Crippen MR) is 102 cm³/mol. The SMILES string of the molecule is O=C(NC1CCCCC1)c1ccccc1N1CCc2ccccc2C1. The van der Waals surface area contributed by atoms with Gasteiger partial charge in [0.1, 0.15) is 0 Å². The Kier molecular flexibility index (Phi) is 4.73. The van der Waals surface area contributed by atoms with Gasteiger partial charge in [-0.15, -0.1) is 0 Å². The number of carbonyl (C=O) groups excluding carboxylic acids is 1. The van der Waals surface area contributed by atoms with E-state index < -0.39 is 0 Å². The van der Waals surface area contributed by atoms with Gasteiger partial charge >= 0.3 is 0 Å². The van der Waals surface area contributed by atoms with Gasteiger partial charge in [-0.1, -0.05) is 55.7 Å². The van der Waals surface area contributed by atoms with Crippen LogP contribution in [0.25, 0.3) is 0 Å². The summed E-state index contributed by atoms with van der Waals surface area (Å²) < 4.78 is 0. The number of anilines is 1. The monoisotopic (exact) mass is 334 g/mol. The zero-order chi connectivity index (χ0) is 17.1. The average molecular weight is 334 g/mol. The highest BCUT2D eigenvalue weighted by molar-refractivity contribution is 6.00. The average Bonchev–Trinajstić information content (AvgIpc) is 2.68. The van der Waals surface area contributed by atoms with Crippen LogP contribution in [0.5, 0.6) is 0 Å². The van der Waals surface area contributed by atoms with Crippen LogP contribution in [0.1, 0.15) is 53.6 Å². The van der Waals surface area contributed by atoms with Gasteiger partial charge in [0.25, 0.3) is 5.91 Å². The molecule has 2 aromatic rings. The molecule has 4 rings (SSSR count). The van der Waals surface area contributed by atoms with E-state index in [1.54, 1.807) is 0 Å². The molecule has 1 amide bonds. The lowest BCUT2D eigenvalue weighted by Crippen LogP contribution is -2.38. The summed E-state index contributed by atoms with van der Waals surface area (Å²) >= 11 is 0. The number of amides is 1. The highest BCUT2D eigenvalue weighted by Crippen LogP contribution is 2.28. The molecule has 1 N–H and O–H groups in total. The van der Waals surface area contributed by atoms with Crippen molar-refractivity contribution in [1.29, 1.82) is 0 Å². The third-order valence-electron chi connectivity index (χ3n) is 5.56. The molecule has 1 fully saturated rings. The van der Waals surface area contributed by atoms with Crippen molar-refractivity contribution in [3.8, 4) is 0 Å². The molecule has 2 aromatic carbocycles. The molecule has 2 aliphatic rings. The van der Waals surface area contributed by atoms with Crippen LogP contribution < -0.4 is 10.2 Å². The first kappa shape index (κ1) is 16.2. The van der Waals surface area contributed by atoms with Crippen molar-refractivity contribution >= 4 is 11.6 Å². The molecule has 25 heavy (non-hydrogen) atoms. The van der Waals surface area contributed by atoms with Crippen molar-refractivity contribution in [2.75, 3.05) is 11.4 Å². The summed E-state index contributed by atoms with van der Waals surface area (Å²) in [5, 5.41) is 3.27. The molecule has 0 spiro atoms. The van der Waals surface area contributed by atoms with E-state index in [4.69, 9.17) is 0 Å². The van der Waals surface area contributed by atoms with Gasteiger partial charge in [-0.3, -0.25) is 4.79 Å². The minimum absolute atomic E-state index is 0.0846. The van der Waals surface area contributed by atoms with E-state index >= 15 is 0 Å². The Bertz CT molecular complexity index is 749. The quantitative estimate of drug-likeness (QED) is 0.907. The maximum atomic E-state index is 12.9.